The third-order valence-corrected chi connectivity index (χ3v) is 4.66. The number of benzene rings is 1. The van der Waals surface area contributed by atoms with Crippen molar-refractivity contribution in [1.29, 1.82) is 0 Å². The van der Waals surface area contributed by atoms with Crippen LogP contribution in [0.15, 0.2) is 24.3 Å². The molecule has 1 aromatic heterocycles. The van der Waals surface area contributed by atoms with Crippen molar-refractivity contribution in [3.05, 3.63) is 34.9 Å². The fraction of sp³-hybridized carbons (Fsp3) is 0.467. The molecule has 1 saturated heterocycles. The topological polar surface area (TPSA) is 47.4 Å². The van der Waals surface area contributed by atoms with E-state index in [0.29, 0.717) is 11.4 Å². The quantitative estimate of drug-likeness (QED) is 0.820. The highest BCUT2D eigenvalue weighted by Crippen LogP contribution is 2.17. The molecule has 2 aromatic rings. The van der Waals surface area contributed by atoms with Gasteiger partial charge < -0.3 is 14.6 Å². The Labute approximate surface area is 133 Å². The molecule has 1 aliphatic heterocycles. The maximum atomic E-state index is 13.1. The van der Waals surface area contributed by atoms with E-state index in [9.17, 15) is 9.50 Å². The average molecular weight is 323 g/mol. The summed E-state index contributed by atoms with van der Waals surface area (Å²) in [4.78, 5) is 1.37. The summed E-state index contributed by atoms with van der Waals surface area (Å²) in [5.41, 5.74) is 0.845. The molecule has 1 aliphatic rings. The van der Waals surface area contributed by atoms with Gasteiger partial charge in [0.05, 0.1) is 19.2 Å². The van der Waals surface area contributed by atoms with Crippen molar-refractivity contribution >= 4 is 12.2 Å². The minimum atomic E-state index is -0.263. The average Bonchev–Trinajstić information content (AvgIpc) is 2.79. The van der Waals surface area contributed by atoms with Gasteiger partial charge in [-0.15, -0.1) is 5.10 Å². The Morgan fingerprint density at radius 1 is 1.32 bits per heavy atom. The molecule has 22 heavy (non-hydrogen) atoms. The van der Waals surface area contributed by atoms with Gasteiger partial charge in [0, 0.05) is 25.5 Å². The Balaban J connectivity index is 1.83. The molecule has 0 radical (unpaired) electrons. The number of quaternary nitrogens is 1. The molecule has 2 N–H and O–H groups in total. The third kappa shape index (κ3) is 3.11. The van der Waals surface area contributed by atoms with Gasteiger partial charge in [-0.1, -0.05) is 0 Å². The fourth-order valence-corrected chi connectivity index (χ4v) is 3.01. The van der Waals surface area contributed by atoms with E-state index in [0.717, 1.165) is 37.3 Å². The molecule has 118 valence electrons. The minimum Gasteiger partial charge on any atom is -0.393 e. The first-order valence-corrected chi connectivity index (χ1v) is 7.87. The molecular weight excluding hydrogens is 303 g/mol. The smallest absolute Gasteiger partial charge is 0.202 e. The maximum Gasteiger partial charge on any atom is 0.202 e. The molecule has 3 rings (SSSR count). The van der Waals surface area contributed by atoms with Crippen LogP contribution >= 0.6 is 12.2 Å². The Morgan fingerprint density at radius 3 is 2.59 bits per heavy atom. The number of rotatable bonds is 3. The fourth-order valence-electron chi connectivity index (χ4n) is 2.82. The van der Waals surface area contributed by atoms with Crippen LogP contribution in [-0.2, 0) is 13.7 Å². The number of nitrogens with one attached hydrogen (secondary N) is 1. The first kappa shape index (κ1) is 15.3. The van der Waals surface area contributed by atoms with E-state index in [-0.39, 0.29) is 11.9 Å². The van der Waals surface area contributed by atoms with Gasteiger partial charge in [-0.05, 0) is 36.5 Å². The normalized spacial score (nSPS) is 22.0. The number of hydrogen-bond donors (Lipinski definition) is 2. The SMILES string of the molecule is Cn1c(-c2ccc(F)cc2)nn(C[NH+]2CCC(O)CC2)c1=S. The van der Waals surface area contributed by atoms with E-state index in [2.05, 4.69) is 5.10 Å². The molecule has 0 unspecified atom stereocenters. The molecular formula is C15H20FN4OS+. The Morgan fingerprint density at radius 2 is 1.95 bits per heavy atom. The first-order valence-electron chi connectivity index (χ1n) is 7.46. The molecule has 0 atom stereocenters. The molecule has 1 aromatic carbocycles. The number of aliphatic hydroxyl groups is 1. The molecule has 1 fully saturated rings. The summed E-state index contributed by atoms with van der Waals surface area (Å²) in [7, 11) is 1.87. The highest BCUT2D eigenvalue weighted by molar-refractivity contribution is 7.71. The van der Waals surface area contributed by atoms with Crippen molar-refractivity contribution in [3.63, 3.8) is 0 Å². The molecule has 0 saturated carbocycles. The van der Waals surface area contributed by atoms with Crippen molar-refractivity contribution in [2.75, 3.05) is 13.1 Å². The summed E-state index contributed by atoms with van der Waals surface area (Å²) >= 11 is 5.46. The van der Waals surface area contributed by atoms with Gasteiger partial charge in [0.25, 0.3) is 0 Å². The van der Waals surface area contributed by atoms with Crippen molar-refractivity contribution in [1.82, 2.24) is 14.3 Å². The van der Waals surface area contributed by atoms with Crippen LogP contribution in [-0.4, -0.2) is 38.6 Å². The van der Waals surface area contributed by atoms with Gasteiger partial charge in [-0.2, -0.15) is 4.68 Å². The van der Waals surface area contributed by atoms with Crippen molar-refractivity contribution < 1.29 is 14.4 Å². The lowest BCUT2D eigenvalue weighted by atomic mass is 10.1. The van der Waals surface area contributed by atoms with Crippen LogP contribution in [0.3, 0.4) is 0 Å². The number of halogens is 1. The summed E-state index contributed by atoms with van der Waals surface area (Å²) in [6.45, 7) is 2.54. The predicted molar refractivity (Wildman–Crippen MR) is 83.4 cm³/mol. The van der Waals surface area contributed by atoms with E-state index >= 15 is 0 Å². The van der Waals surface area contributed by atoms with E-state index in [1.807, 2.05) is 16.3 Å². The van der Waals surface area contributed by atoms with Crippen LogP contribution < -0.4 is 4.90 Å². The zero-order chi connectivity index (χ0) is 15.7. The Kier molecular flexibility index (Phi) is 4.37. The van der Waals surface area contributed by atoms with Gasteiger partial charge >= 0.3 is 0 Å². The summed E-state index contributed by atoms with van der Waals surface area (Å²) < 4.78 is 17.4. The lowest BCUT2D eigenvalue weighted by Gasteiger charge is -2.26. The third-order valence-electron chi connectivity index (χ3n) is 4.18. The van der Waals surface area contributed by atoms with Crippen molar-refractivity contribution in [2.24, 2.45) is 7.05 Å². The predicted octanol–water partition coefficient (Wildman–Crippen LogP) is 0.754. The number of nitrogens with zero attached hydrogens (tertiary/aromatic N) is 3. The van der Waals surface area contributed by atoms with Gasteiger partial charge in [-0.25, -0.2) is 4.39 Å². The number of hydrogen-bond acceptors (Lipinski definition) is 3. The van der Waals surface area contributed by atoms with Gasteiger partial charge in [0.2, 0.25) is 4.77 Å². The van der Waals surface area contributed by atoms with Gasteiger partial charge in [0.15, 0.2) is 12.5 Å². The van der Waals surface area contributed by atoms with E-state index in [4.69, 9.17) is 12.2 Å². The van der Waals surface area contributed by atoms with Crippen LogP contribution in [0.1, 0.15) is 12.8 Å². The van der Waals surface area contributed by atoms with Crippen LogP contribution in [0.5, 0.6) is 0 Å². The second-order valence-corrected chi connectivity index (χ2v) is 6.18. The van der Waals surface area contributed by atoms with E-state index in [1.165, 1.54) is 17.0 Å². The Hall–Kier alpha value is -1.57. The molecule has 7 heteroatoms. The largest absolute Gasteiger partial charge is 0.393 e. The van der Waals surface area contributed by atoms with Crippen molar-refractivity contribution in [2.45, 2.75) is 25.6 Å². The highest BCUT2D eigenvalue weighted by Gasteiger charge is 2.21. The highest BCUT2D eigenvalue weighted by atomic mass is 32.1. The maximum absolute atomic E-state index is 13.1. The van der Waals surface area contributed by atoms with Crippen LogP contribution in [0.25, 0.3) is 11.4 Å². The zero-order valence-corrected chi connectivity index (χ0v) is 13.3. The minimum absolute atomic E-state index is 0.171. The van der Waals surface area contributed by atoms with Crippen molar-refractivity contribution in [3.8, 4) is 11.4 Å². The number of likely N-dealkylation sites (tertiary alicyclic amines) is 1. The molecule has 2 heterocycles. The molecule has 0 bridgehead atoms. The van der Waals surface area contributed by atoms with Gasteiger partial charge in [0.1, 0.15) is 5.82 Å². The summed E-state index contributed by atoms with van der Waals surface area (Å²) in [5.74, 6) is 0.474. The molecule has 5 nitrogen and oxygen atoms in total. The molecule has 0 amide bonds. The lowest BCUT2D eigenvalue weighted by molar-refractivity contribution is -0.929. The summed E-state index contributed by atoms with van der Waals surface area (Å²) in [6.07, 6.45) is 1.47. The van der Waals surface area contributed by atoms with Crippen LogP contribution in [0.4, 0.5) is 4.39 Å². The second-order valence-electron chi connectivity index (χ2n) is 5.81. The van der Waals surface area contributed by atoms with Gasteiger partial charge in [-0.3, -0.25) is 0 Å². The monoisotopic (exact) mass is 323 g/mol. The first-order chi connectivity index (χ1) is 10.5. The number of aromatic nitrogens is 3. The summed E-state index contributed by atoms with van der Waals surface area (Å²) in [6, 6.07) is 6.27. The van der Waals surface area contributed by atoms with Crippen LogP contribution in [0, 0.1) is 10.6 Å². The second kappa shape index (κ2) is 6.28. The van der Waals surface area contributed by atoms with E-state index in [1.54, 1.807) is 12.1 Å². The summed E-state index contributed by atoms with van der Waals surface area (Å²) in [5, 5.41) is 14.2. The zero-order valence-electron chi connectivity index (χ0n) is 12.5. The Bertz CT molecular complexity index is 701. The van der Waals surface area contributed by atoms with Crippen LogP contribution in [0.2, 0.25) is 0 Å². The standard InChI is InChI=1S/C15H19FN4OS/c1-18-14(11-2-4-12(16)5-3-11)17-20(15(18)22)10-19-8-6-13(21)7-9-19/h2-5,13,21H,6-10H2,1H3/p+1. The lowest BCUT2D eigenvalue weighted by Crippen LogP contribution is -3.12. The molecule has 0 aliphatic carbocycles. The molecule has 0 spiro atoms. The number of aliphatic hydroxyl groups excluding tert-OH is 1. The number of piperidine rings is 1. The van der Waals surface area contributed by atoms with E-state index < -0.39 is 0 Å².